The van der Waals surface area contributed by atoms with Crippen LogP contribution in [0.4, 0.5) is 0 Å². The lowest BCUT2D eigenvalue weighted by Gasteiger charge is -2.27. The Balaban J connectivity index is 3.77. The zero-order chi connectivity index (χ0) is 11.5. The Bertz CT molecular complexity index is 134. The van der Waals surface area contributed by atoms with Gasteiger partial charge in [-0.1, -0.05) is 6.92 Å². The maximum atomic E-state index is 5.21. The fourth-order valence-corrected chi connectivity index (χ4v) is 1.40. The molecular weight excluding hydrogens is 192 g/mol. The normalized spacial score (nSPS) is 13.4. The Labute approximate surface area is 93.9 Å². The topological polar surface area (TPSA) is 33.7 Å². The highest BCUT2D eigenvalue weighted by atomic mass is 16.5. The number of hydrogen-bond donors (Lipinski definition) is 1. The molecule has 0 saturated carbocycles. The molecule has 4 nitrogen and oxygen atoms in total. The maximum Gasteiger partial charge on any atom is 0.0630 e. The third kappa shape index (κ3) is 7.73. The van der Waals surface area contributed by atoms with Gasteiger partial charge in [0.25, 0.3) is 0 Å². The maximum absolute atomic E-state index is 5.21. The highest BCUT2D eigenvalue weighted by Gasteiger charge is 2.13. The lowest BCUT2D eigenvalue weighted by molar-refractivity contribution is 0.0832. The minimum atomic E-state index is 0.428. The van der Waals surface area contributed by atoms with E-state index in [1.54, 1.807) is 14.2 Å². The first kappa shape index (κ1) is 14.8. The van der Waals surface area contributed by atoms with E-state index in [0.29, 0.717) is 6.04 Å². The molecule has 0 aliphatic rings. The average Bonchev–Trinajstić information content (AvgIpc) is 2.25. The van der Waals surface area contributed by atoms with Crippen molar-refractivity contribution in [1.82, 2.24) is 10.2 Å². The molecule has 0 aromatic carbocycles. The largest absolute Gasteiger partial charge is 0.383 e. The molecule has 4 heteroatoms. The van der Waals surface area contributed by atoms with Crippen LogP contribution in [0.15, 0.2) is 0 Å². The van der Waals surface area contributed by atoms with E-state index in [1.165, 1.54) is 6.42 Å². The lowest BCUT2D eigenvalue weighted by atomic mass is 10.2. The van der Waals surface area contributed by atoms with Crippen LogP contribution >= 0.6 is 0 Å². The van der Waals surface area contributed by atoms with Gasteiger partial charge in [0.2, 0.25) is 0 Å². The second-order valence-electron chi connectivity index (χ2n) is 3.79. The smallest absolute Gasteiger partial charge is 0.0630 e. The van der Waals surface area contributed by atoms with Gasteiger partial charge >= 0.3 is 0 Å². The first-order valence-corrected chi connectivity index (χ1v) is 5.65. The number of nitrogens with zero attached hydrogens (tertiary/aromatic N) is 1. The van der Waals surface area contributed by atoms with Crippen molar-refractivity contribution in [2.75, 3.05) is 54.1 Å². The van der Waals surface area contributed by atoms with Crippen molar-refractivity contribution in [3.05, 3.63) is 0 Å². The Morgan fingerprint density at radius 1 is 1.27 bits per heavy atom. The van der Waals surface area contributed by atoms with Gasteiger partial charge in [-0.15, -0.1) is 0 Å². The van der Waals surface area contributed by atoms with Crippen LogP contribution < -0.4 is 5.32 Å². The fraction of sp³-hybridized carbons (Fsp3) is 1.00. The second kappa shape index (κ2) is 10.4. The Hall–Kier alpha value is -0.160. The van der Waals surface area contributed by atoms with E-state index in [4.69, 9.17) is 9.47 Å². The van der Waals surface area contributed by atoms with Crippen LogP contribution in [0, 0.1) is 0 Å². The monoisotopic (exact) mass is 218 g/mol. The third-order valence-electron chi connectivity index (χ3n) is 2.44. The standard InChI is InChI=1S/C11H26N2O2/c1-5-6-12-9-11(10-15-4)13(2)7-8-14-3/h11-12H,5-10H2,1-4H3. The average molecular weight is 218 g/mol. The molecule has 0 amide bonds. The Kier molecular flexibility index (Phi) is 10.3. The van der Waals surface area contributed by atoms with E-state index >= 15 is 0 Å². The van der Waals surface area contributed by atoms with Gasteiger partial charge in [0.15, 0.2) is 0 Å². The minimum Gasteiger partial charge on any atom is -0.383 e. The number of rotatable bonds is 10. The van der Waals surface area contributed by atoms with E-state index in [0.717, 1.165) is 32.8 Å². The van der Waals surface area contributed by atoms with Crippen LogP contribution in [-0.4, -0.2) is 65.1 Å². The summed E-state index contributed by atoms with van der Waals surface area (Å²) in [4.78, 5) is 2.27. The summed E-state index contributed by atoms with van der Waals surface area (Å²) in [7, 11) is 5.59. The summed E-state index contributed by atoms with van der Waals surface area (Å²) in [6.07, 6.45) is 1.17. The molecule has 0 rings (SSSR count). The van der Waals surface area contributed by atoms with Crippen molar-refractivity contribution in [2.45, 2.75) is 19.4 Å². The molecule has 0 radical (unpaired) electrons. The van der Waals surface area contributed by atoms with Crippen molar-refractivity contribution in [1.29, 1.82) is 0 Å². The van der Waals surface area contributed by atoms with Crippen molar-refractivity contribution in [3.63, 3.8) is 0 Å². The van der Waals surface area contributed by atoms with Gasteiger partial charge in [-0.25, -0.2) is 0 Å². The summed E-state index contributed by atoms with van der Waals surface area (Å²) in [5.74, 6) is 0. The quantitative estimate of drug-likeness (QED) is 0.544. The van der Waals surface area contributed by atoms with Crippen molar-refractivity contribution in [3.8, 4) is 0 Å². The molecule has 0 fully saturated rings. The minimum absolute atomic E-state index is 0.428. The molecule has 1 atom stereocenters. The molecule has 92 valence electrons. The Morgan fingerprint density at radius 3 is 2.53 bits per heavy atom. The van der Waals surface area contributed by atoms with Gasteiger partial charge in [-0.2, -0.15) is 0 Å². The fourth-order valence-electron chi connectivity index (χ4n) is 1.40. The van der Waals surface area contributed by atoms with E-state index in [-0.39, 0.29) is 0 Å². The summed E-state index contributed by atoms with van der Waals surface area (Å²) < 4.78 is 10.3. The number of methoxy groups -OCH3 is 2. The molecule has 0 heterocycles. The SMILES string of the molecule is CCCNCC(COC)N(C)CCOC. The highest BCUT2D eigenvalue weighted by Crippen LogP contribution is 1.96. The van der Waals surface area contributed by atoms with Crippen LogP contribution in [0.2, 0.25) is 0 Å². The molecule has 0 spiro atoms. The number of nitrogens with one attached hydrogen (secondary N) is 1. The summed E-state index contributed by atoms with van der Waals surface area (Å²) in [5, 5.41) is 3.41. The van der Waals surface area contributed by atoms with E-state index < -0.39 is 0 Å². The van der Waals surface area contributed by atoms with Crippen molar-refractivity contribution < 1.29 is 9.47 Å². The van der Waals surface area contributed by atoms with E-state index in [9.17, 15) is 0 Å². The first-order chi connectivity index (χ1) is 7.26. The van der Waals surface area contributed by atoms with Gasteiger partial charge in [-0.05, 0) is 20.0 Å². The third-order valence-corrected chi connectivity index (χ3v) is 2.44. The molecule has 1 unspecified atom stereocenters. The summed E-state index contributed by atoms with van der Waals surface area (Å²) >= 11 is 0. The summed E-state index contributed by atoms with van der Waals surface area (Å²) in [6.45, 7) is 6.69. The predicted molar refractivity (Wildman–Crippen MR) is 63.3 cm³/mol. The zero-order valence-corrected chi connectivity index (χ0v) is 10.6. The zero-order valence-electron chi connectivity index (χ0n) is 10.6. The molecule has 15 heavy (non-hydrogen) atoms. The van der Waals surface area contributed by atoms with Crippen LogP contribution in [0.3, 0.4) is 0 Å². The van der Waals surface area contributed by atoms with Crippen LogP contribution in [0.1, 0.15) is 13.3 Å². The molecule has 0 bridgehead atoms. The predicted octanol–water partition coefficient (Wildman–Crippen LogP) is 0.579. The van der Waals surface area contributed by atoms with Gasteiger partial charge in [0, 0.05) is 33.4 Å². The molecule has 0 aromatic heterocycles. The molecule has 0 aliphatic heterocycles. The van der Waals surface area contributed by atoms with Gasteiger partial charge in [-0.3, -0.25) is 4.90 Å². The van der Waals surface area contributed by atoms with Crippen molar-refractivity contribution in [2.24, 2.45) is 0 Å². The molecule has 1 N–H and O–H groups in total. The second-order valence-corrected chi connectivity index (χ2v) is 3.79. The molecule has 0 saturated heterocycles. The first-order valence-electron chi connectivity index (χ1n) is 5.65. The van der Waals surface area contributed by atoms with Crippen molar-refractivity contribution >= 4 is 0 Å². The number of ether oxygens (including phenoxy) is 2. The van der Waals surface area contributed by atoms with Crippen LogP contribution in [0.25, 0.3) is 0 Å². The summed E-state index contributed by atoms with van der Waals surface area (Å²) in [5.41, 5.74) is 0. The Morgan fingerprint density at radius 2 is 2.00 bits per heavy atom. The van der Waals surface area contributed by atoms with E-state index in [2.05, 4.69) is 24.2 Å². The van der Waals surface area contributed by atoms with Crippen LogP contribution in [-0.2, 0) is 9.47 Å². The van der Waals surface area contributed by atoms with Gasteiger partial charge in [0.05, 0.1) is 13.2 Å². The summed E-state index contributed by atoms with van der Waals surface area (Å²) in [6, 6.07) is 0.428. The van der Waals surface area contributed by atoms with Gasteiger partial charge in [0.1, 0.15) is 0 Å². The molecular formula is C11H26N2O2. The van der Waals surface area contributed by atoms with Crippen LogP contribution in [0.5, 0.6) is 0 Å². The highest BCUT2D eigenvalue weighted by molar-refractivity contribution is 4.70. The number of likely N-dealkylation sites (N-methyl/N-ethyl adjacent to an activating group) is 1. The molecule has 0 aliphatic carbocycles. The van der Waals surface area contributed by atoms with Gasteiger partial charge < -0.3 is 14.8 Å². The number of hydrogen-bond acceptors (Lipinski definition) is 4. The van der Waals surface area contributed by atoms with E-state index in [1.807, 2.05) is 0 Å². The lowest BCUT2D eigenvalue weighted by Crippen LogP contribution is -2.44. The molecule has 0 aromatic rings.